The zero-order valence-electron chi connectivity index (χ0n) is 46.1. The quantitative estimate of drug-likeness (QED) is 0.102. The van der Waals surface area contributed by atoms with E-state index in [0.29, 0.717) is 45.4 Å². The number of methoxy groups -OCH3 is 2. The summed E-state index contributed by atoms with van der Waals surface area (Å²) in [5.41, 5.74) is 4.18. The van der Waals surface area contributed by atoms with Crippen molar-refractivity contribution in [2.24, 2.45) is 23.7 Å². The number of amides is 6. The third-order valence-corrected chi connectivity index (χ3v) is 16.6. The molecule has 0 radical (unpaired) electrons. The van der Waals surface area contributed by atoms with E-state index in [1.807, 2.05) is 96.1 Å². The number of carbonyl (C=O) groups excluding carboxylic acids is 6. The van der Waals surface area contributed by atoms with Crippen LogP contribution in [0.1, 0.15) is 122 Å². The van der Waals surface area contributed by atoms with Crippen molar-refractivity contribution in [3.8, 4) is 11.1 Å². The summed E-state index contributed by atoms with van der Waals surface area (Å²) in [6.07, 6.45) is 1.97. The number of rotatable bonds is 22. The highest BCUT2D eigenvalue weighted by Gasteiger charge is 2.64. The van der Waals surface area contributed by atoms with E-state index in [0.717, 1.165) is 40.7 Å². The van der Waals surface area contributed by atoms with Crippen LogP contribution in [0.5, 0.6) is 0 Å². The number of fused-ring (bicyclic) bond motifs is 3. The molecule has 2 heterocycles. The van der Waals surface area contributed by atoms with Gasteiger partial charge in [0.1, 0.15) is 24.2 Å². The topological polar surface area (TPSA) is 176 Å². The molecule has 75 heavy (non-hydrogen) atoms. The van der Waals surface area contributed by atoms with Crippen LogP contribution in [-0.4, -0.2) is 152 Å². The second kappa shape index (κ2) is 24.9. The molecule has 10 atom stereocenters. The van der Waals surface area contributed by atoms with Crippen molar-refractivity contribution in [1.82, 2.24) is 30.4 Å². The van der Waals surface area contributed by atoms with Gasteiger partial charge in [0.15, 0.2) is 0 Å². The molecule has 1 saturated carbocycles. The standard InChI is InChI=1S/C59H82N6O10/c1-12-38(6)52(62(8)56(69)50(36(2)3)60-55(68)51(37(4)5)63(9)58(71)74-35-45-43-27-18-16-25-41(43)42-26-17-19-28-44(42)45)48(72-10)33-49(66)64-30-22-29-47(64)53(73-11)39(7)54(67)61-59(57(70)65-31-20-21-32-75-65)34-46(59)40-23-14-13-15-24-40/h13-19,23-28,36-39,45-48,50-53H,12,20-22,29-35H2,1-11H3,(H,60,68)(H,61,67)/t38?,39?,46-,47+,48?,50?,51?,52?,53?,59+/m1/s1. The van der Waals surface area contributed by atoms with Crippen LogP contribution in [0.2, 0.25) is 0 Å². The third kappa shape index (κ3) is 12.1. The molecule has 4 aliphatic rings. The lowest BCUT2D eigenvalue weighted by atomic mass is 9.89. The van der Waals surface area contributed by atoms with Crippen molar-refractivity contribution in [3.05, 3.63) is 95.6 Å². The van der Waals surface area contributed by atoms with Gasteiger partial charge < -0.3 is 34.6 Å². The molecule has 3 aromatic rings. The van der Waals surface area contributed by atoms with Crippen molar-refractivity contribution in [2.75, 3.05) is 54.6 Å². The molecule has 408 valence electrons. The van der Waals surface area contributed by atoms with Gasteiger partial charge in [-0.05, 0) is 77.7 Å². The summed E-state index contributed by atoms with van der Waals surface area (Å²) < 4.78 is 18.2. The number of nitrogens with one attached hydrogen (secondary N) is 2. The summed E-state index contributed by atoms with van der Waals surface area (Å²) in [6.45, 7) is 14.7. The van der Waals surface area contributed by atoms with Gasteiger partial charge >= 0.3 is 6.09 Å². The van der Waals surface area contributed by atoms with Crippen molar-refractivity contribution in [3.63, 3.8) is 0 Å². The minimum absolute atomic E-state index is 0.0537. The summed E-state index contributed by atoms with van der Waals surface area (Å²) in [5, 5.41) is 7.59. The largest absolute Gasteiger partial charge is 0.448 e. The van der Waals surface area contributed by atoms with Gasteiger partial charge in [0, 0.05) is 53.2 Å². The smallest absolute Gasteiger partial charge is 0.410 e. The summed E-state index contributed by atoms with van der Waals surface area (Å²) >= 11 is 0. The molecule has 6 amide bonds. The number of hydrogen-bond acceptors (Lipinski definition) is 10. The summed E-state index contributed by atoms with van der Waals surface area (Å²) in [5.74, 6) is -3.54. The fourth-order valence-corrected chi connectivity index (χ4v) is 12.1. The molecular formula is C59H82N6O10. The molecule has 2 aliphatic heterocycles. The Morgan fingerprint density at radius 3 is 1.99 bits per heavy atom. The number of benzene rings is 3. The van der Waals surface area contributed by atoms with E-state index >= 15 is 0 Å². The van der Waals surface area contributed by atoms with Gasteiger partial charge in [0.05, 0.1) is 43.2 Å². The molecule has 0 spiro atoms. The number of likely N-dealkylation sites (N-methyl/N-ethyl adjacent to an activating group) is 2. The molecule has 7 rings (SSSR count). The molecule has 2 aliphatic carbocycles. The first-order chi connectivity index (χ1) is 35.9. The minimum Gasteiger partial charge on any atom is -0.448 e. The Bertz CT molecular complexity index is 2440. The zero-order valence-corrected chi connectivity index (χ0v) is 46.1. The lowest BCUT2D eigenvalue weighted by Crippen LogP contribution is -2.60. The maximum Gasteiger partial charge on any atom is 0.410 e. The van der Waals surface area contributed by atoms with Crippen molar-refractivity contribution >= 4 is 35.6 Å². The SMILES string of the molecule is CCC(C)C(C(CC(=O)N1CCC[C@H]1C(OC)C(C)C(=O)N[C@@]1(C(=O)N2CCCCO2)C[C@@H]1c1ccccc1)OC)N(C)C(=O)C(NC(=O)C(C(C)C)N(C)C(=O)OCC1c2ccccc2-c2ccccc21)C(C)C. The van der Waals surface area contributed by atoms with Crippen molar-refractivity contribution in [1.29, 1.82) is 0 Å². The number of carbonyl (C=O) groups is 6. The van der Waals surface area contributed by atoms with Gasteiger partial charge in [0.2, 0.25) is 23.6 Å². The Balaban J connectivity index is 1.01. The average Bonchev–Trinajstić information content (AvgIpc) is 3.80. The van der Waals surface area contributed by atoms with Gasteiger partial charge in [-0.1, -0.05) is 134 Å². The van der Waals surface area contributed by atoms with E-state index in [9.17, 15) is 28.8 Å². The number of hydroxylamine groups is 2. The molecule has 3 fully saturated rings. The Labute approximate surface area is 444 Å². The van der Waals surface area contributed by atoms with Crippen molar-refractivity contribution in [2.45, 2.75) is 147 Å². The molecule has 2 N–H and O–H groups in total. The fraction of sp³-hybridized carbons (Fsp3) is 0.593. The van der Waals surface area contributed by atoms with Crippen molar-refractivity contribution < 1.29 is 47.8 Å². The predicted octanol–water partition coefficient (Wildman–Crippen LogP) is 7.55. The van der Waals surface area contributed by atoms with E-state index in [1.54, 1.807) is 37.9 Å². The Hall–Kier alpha value is -5.84. The molecular weight excluding hydrogens is 953 g/mol. The van der Waals surface area contributed by atoms with E-state index < -0.39 is 59.8 Å². The van der Waals surface area contributed by atoms with E-state index in [2.05, 4.69) is 34.9 Å². The third-order valence-electron chi connectivity index (χ3n) is 16.6. The van der Waals surface area contributed by atoms with E-state index in [1.165, 1.54) is 17.1 Å². The minimum atomic E-state index is -1.16. The average molecular weight is 1040 g/mol. The monoisotopic (exact) mass is 1030 g/mol. The Morgan fingerprint density at radius 2 is 1.41 bits per heavy atom. The van der Waals surface area contributed by atoms with Crippen LogP contribution in [0, 0.1) is 23.7 Å². The maximum atomic E-state index is 14.8. The maximum absolute atomic E-state index is 14.8. The molecule has 0 bridgehead atoms. The molecule has 0 aromatic heterocycles. The Kier molecular flexibility index (Phi) is 18.9. The molecule has 2 saturated heterocycles. The summed E-state index contributed by atoms with van der Waals surface area (Å²) in [4.78, 5) is 96.7. The van der Waals surface area contributed by atoms with Crippen LogP contribution in [-0.2, 0) is 43.0 Å². The lowest BCUT2D eigenvalue weighted by Gasteiger charge is -2.41. The van der Waals surface area contributed by atoms with Crippen LogP contribution in [0.25, 0.3) is 11.1 Å². The number of likely N-dealkylation sites (tertiary alicyclic amines) is 1. The first-order valence-corrected chi connectivity index (χ1v) is 27.2. The van der Waals surface area contributed by atoms with Gasteiger partial charge in [-0.3, -0.25) is 33.7 Å². The van der Waals surface area contributed by atoms with Crippen LogP contribution in [0.15, 0.2) is 78.9 Å². The highest BCUT2D eigenvalue weighted by atomic mass is 16.7. The second-order valence-electron chi connectivity index (χ2n) is 22.0. The summed E-state index contributed by atoms with van der Waals surface area (Å²) in [7, 11) is 6.33. The Morgan fingerprint density at radius 1 is 0.773 bits per heavy atom. The van der Waals surface area contributed by atoms with Crippen LogP contribution < -0.4 is 10.6 Å². The van der Waals surface area contributed by atoms with Crippen LogP contribution >= 0.6 is 0 Å². The molecule has 3 aromatic carbocycles. The predicted molar refractivity (Wildman–Crippen MR) is 286 cm³/mol. The van der Waals surface area contributed by atoms with E-state index in [-0.39, 0.29) is 66.2 Å². The first-order valence-electron chi connectivity index (χ1n) is 27.2. The molecule has 7 unspecified atom stereocenters. The highest BCUT2D eigenvalue weighted by Crippen LogP contribution is 2.53. The fourth-order valence-electron chi connectivity index (χ4n) is 12.1. The number of nitrogens with zero attached hydrogens (tertiary/aromatic N) is 4. The molecule has 16 nitrogen and oxygen atoms in total. The number of ether oxygens (including phenoxy) is 3. The summed E-state index contributed by atoms with van der Waals surface area (Å²) in [6, 6.07) is 23.0. The lowest BCUT2D eigenvalue weighted by molar-refractivity contribution is -0.200. The normalized spacial score (nSPS) is 22.0. The molecule has 16 heteroatoms. The first kappa shape index (κ1) is 56.9. The van der Waals surface area contributed by atoms with Gasteiger partial charge in [-0.15, -0.1) is 0 Å². The van der Waals surface area contributed by atoms with Crippen LogP contribution in [0.3, 0.4) is 0 Å². The van der Waals surface area contributed by atoms with Gasteiger partial charge in [-0.25, -0.2) is 9.86 Å². The highest BCUT2D eigenvalue weighted by molar-refractivity contribution is 5.96. The van der Waals surface area contributed by atoms with Crippen LogP contribution in [0.4, 0.5) is 4.79 Å². The zero-order chi connectivity index (χ0) is 54.3. The van der Waals surface area contributed by atoms with Gasteiger partial charge in [-0.2, -0.15) is 0 Å². The number of hydrogen-bond donors (Lipinski definition) is 2. The van der Waals surface area contributed by atoms with E-state index in [4.69, 9.17) is 19.0 Å². The second-order valence-corrected chi connectivity index (χ2v) is 22.0. The van der Waals surface area contributed by atoms with Gasteiger partial charge in [0.25, 0.3) is 5.91 Å².